The Morgan fingerprint density at radius 3 is 1.35 bits per heavy atom. The Morgan fingerprint density at radius 2 is 1.12 bits per heavy atom. The molecule has 0 spiro atoms. The number of halogens is 1. The van der Waals surface area contributed by atoms with Crippen molar-refractivity contribution in [3.63, 3.8) is 0 Å². The molecule has 0 saturated carbocycles. The summed E-state index contributed by atoms with van der Waals surface area (Å²) in [6.07, 6.45) is 8.28. The molecule has 0 bridgehead atoms. The number of rotatable bonds is 8. The van der Waals surface area contributed by atoms with Gasteiger partial charge >= 0.3 is 11.6 Å². The molecule has 0 amide bonds. The molecule has 0 aliphatic rings. The number of hydrogen-bond acceptors (Lipinski definition) is 2. The van der Waals surface area contributed by atoms with Gasteiger partial charge in [0.2, 0.25) is 0 Å². The van der Waals surface area contributed by atoms with Crippen molar-refractivity contribution in [1.82, 2.24) is 0 Å². The summed E-state index contributed by atoms with van der Waals surface area (Å²) in [6, 6.07) is 0. The molecule has 0 aromatic heterocycles. The van der Waals surface area contributed by atoms with Crippen LogP contribution in [0.4, 0.5) is 0 Å². The summed E-state index contributed by atoms with van der Waals surface area (Å²) in [4.78, 5) is 0. The fourth-order valence-corrected chi connectivity index (χ4v) is 1.69. The molecule has 0 aliphatic heterocycles. The normalized spacial score (nSPS) is 9.88. The molecule has 3 nitrogen and oxygen atoms in total. The van der Waals surface area contributed by atoms with Crippen LogP contribution in [0.5, 0.6) is 0 Å². The van der Waals surface area contributed by atoms with Gasteiger partial charge < -0.3 is 16.9 Å². The van der Waals surface area contributed by atoms with E-state index in [9.17, 15) is 0 Å². The third kappa shape index (κ3) is 21.8. The zero-order valence-corrected chi connectivity index (χ0v) is 13.3. The van der Waals surface area contributed by atoms with Gasteiger partial charge in [-0.15, -0.1) is 0 Å². The van der Waals surface area contributed by atoms with Gasteiger partial charge in [0.1, 0.15) is 0 Å². The first-order chi connectivity index (χ1) is 7.54. The first-order valence-corrected chi connectivity index (χ1v) is 6.94. The number of nitrogens with zero attached hydrogens (tertiary/aromatic N) is 1. The van der Waals surface area contributed by atoms with Gasteiger partial charge in [-0.1, -0.05) is 26.7 Å². The molecular formula is C12H28ClNO2S. The van der Waals surface area contributed by atoms with Crippen molar-refractivity contribution in [2.75, 3.05) is 27.2 Å². The van der Waals surface area contributed by atoms with E-state index in [4.69, 9.17) is 8.42 Å². The lowest BCUT2D eigenvalue weighted by Crippen LogP contribution is -3.00. The summed E-state index contributed by atoms with van der Waals surface area (Å²) in [5.74, 6) is 0. The van der Waals surface area contributed by atoms with Gasteiger partial charge in [0.15, 0.2) is 0 Å². The van der Waals surface area contributed by atoms with Crippen LogP contribution in [0, 0.1) is 0 Å². The quantitative estimate of drug-likeness (QED) is 0.456. The Kier molecular flexibility index (Phi) is 21.0. The molecule has 0 unspecified atom stereocenters. The minimum atomic E-state index is -0.750. The maximum atomic E-state index is 8.29. The first-order valence-electron chi connectivity index (χ1n) is 6.27. The molecule has 5 heteroatoms. The summed E-state index contributed by atoms with van der Waals surface area (Å²) < 4.78 is 17.8. The summed E-state index contributed by atoms with van der Waals surface area (Å²) in [7, 11) is 4.73. The highest BCUT2D eigenvalue weighted by molar-refractivity contribution is 7.51. The maximum absolute atomic E-state index is 8.29. The van der Waals surface area contributed by atoms with E-state index in [1.54, 1.807) is 0 Å². The zero-order chi connectivity index (χ0) is 12.9. The van der Waals surface area contributed by atoms with E-state index >= 15 is 0 Å². The van der Waals surface area contributed by atoms with E-state index in [0.717, 1.165) is 0 Å². The van der Waals surface area contributed by atoms with Gasteiger partial charge in [0.25, 0.3) is 0 Å². The highest BCUT2D eigenvalue weighted by Crippen LogP contribution is 2.06. The molecule has 0 aromatic rings. The summed E-state index contributed by atoms with van der Waals surface area (Å²) in [6.45, 7) is 7.27. The second-order valence-electron chi connectivity index (χ2n) is 4.87. The lowest BCUT2D eigenvalue weighted by molar-refractivity contribution is -0.890. The second kappa shape index (κ2) is 16.1. The van der Waals surface area contributed by atoms with Crippen molar-refractivity contribution < 1.29 is 25.3 Å². The van der Waals surface area contributed by atoms with Crippen LogP contribution in [0.2, 0.25) is 0 Å². The van der Waals surface area contributed by atoms with Crippen LogP contribution in [-0.4, -0.2) is 40.1 Å². The van der Waals surface area contributed by atoms with E-state index < -0.39 is 11.6 Å². The number of hydrogen-bond donors (Lipinski definition) is 0. The predicted octanol–water partition coefficient (Wildman–Crippen LogP) is -0.223. The Balaban J connectivity index is -0.000000440. The zero-order valence-electron chi connectivity index (χ0n) is 11.7. The monoisotopic (exact) mass is 285 g/mol. The molecule has 0 fully saturated rings. The van der Waals surface area contributed by atoms with Crippen molar-refractivity contribution in [1.29, 1.82) is 0 Å². The van der Waals surface area contributed by atoms with Crippen LogP contribution in [0.25, 0.3) is 0 Å². The molecule has 0 radical (unpaired) electrons. The molecule has 0 atom stereocenters. The fraction of sp³-hybridized carbons (Fsp3) is 1.00. The highest BCUT2D eigenvalue weighted by atomic mass is 35.5. The standard InChI is InChI=1S/C12H28N.ClH.O2S/c1-5-7-9-11-13(3,4)12-10-8-6-2;;1-3-2/h5-12H2,1-4H3;1H;/q+1;;/p-1. The molecule has 0 rings (SSSR count). The Morgan fingerprint density at radius 1 is 0.824 bits per heavy atom. The van der Waals surface area contributed by atoms with Crippen LogP contribution in [0.1, 0.15) is 52.4 Å². The largest absolute Gasteiger partial charge is 1.00 e. The Hall–Kier alpha value is 0.0700. The molecular weight excluding hydrogens is 258 g/mol. The van der Waals surface area contributed by atoms with Gasteiger partial charge in [-0.2, -0.15) is 8.42 Å². The molecule has 0 aliphatic carbocycles. The van der Waals surface area contributed by atoms with Gasteiger partial charge in [0, 0.05) is 0 Å². The van der Waals surface area contributed by atoms with Crippen LogP contribution in [-0.2, 0) is 11.6 Å². The lowest BCUT2D eigenvalue weighted by atomic mass is 10.2. The molecule has 0 saturated heterocycles. The fourth-order valence-electron chi connectivity index (χ4n) is 1.69. The van der Waals surface area contributed by atoms with Crippen LogP contribution < -0.4 is 12.4 Å². The van der Waals surface area contributed by atoms with E-state index in [-0.39, 0.29) is 12.4 Å². The number of unbranched alkanes of at least 4 members (excludes halogenated alkanes) is 4. The Bertz CT molecular complexity index is 171. The lowest BCUT2D eigenvalue weighted by Gasteiger charge is -2.29. The molecule has 17 heavy (non-hydrogen) atoms. The smallest absolute Gasteiger partial charge is 0.335 e. The van der Waals surface area contributed by atoms with E-state index in [2.05, 4.69) is 27.9 Å². The SMILES string of the molecule is CCCCC[N+](C)(C)CCCCC.O=S=O.[Cl-]. The van der Waals surface area contributed by atoms with Crippen molar-refractivity contribution >= 4 is 11.6 Å². The number of quaternary nitrogens is 1. The third-order valence-electron chi connectivity index (χ3n) is 2.73. The average molecular weight is 286 g/mol. The van der Waals surface area contributed by atoms with Crippen LogP contribution in [0.3, 0.4) is 0 Å². The van der Waals surface area contributed by atoms with E-state index in [1.807, 2.05) is 0 Å². The summed E-state index contributed by atoms with van der Waals surface area (Å²) in [5, 5.41) is 0. The predicted molar refractivity (Wildman–Crippen MR) is 69.8 cm³/mol. The van der Waals surface area contributed by atoms with E-state index in [1.165, 1.54) is 56.1 Å². The van der Waals surface area contributed by atoms with Crippen molar-refractivity contribution in [3.05, 3.63) is 0 Å². The van der Waals surface area contributed by atoms with Crippen LogP contribution in [0.15, 0.2) is 0 Å². The molecule has 0 N–H and O–H groups in total. The van der Waals surface area contributed by atoms with Crippen molar-refractivity contribution in [2.24, 2.45) is 0 Å². The van der Waals surface area contributed by atoms with Gasteiger partial charge in [0.05, 0.1) is 27.2 Å². The summed E-state index contributed by atoms with van der Waals surface area (Å²) in [5.41, 5.74) is 0. The highest BCUT2D eigenvalue weighted by Gasteiger charge is 2.12. The van der Waals surface area contributed by atoms with Crippen molar-refractivity contribution in [3.8, 4) is 0 Å². The van der Waals surface area contributed by atoms with Crippen molar-refractivity contribution in [2.45, 2.75) is 52.4 Å². The van der Waals surface area contributed by atoms with Crippen LogP contribution >= 0.6 is 0 Å². The second-order valence-corrected chi connectivity index (χ2v) is 5.00. The first kappa shape index (κ1) is 22.3. The topological polar surface area (TPSA) is 34.1 Å². The molecule has 106 valence electrons. The van der Waals surface area contributed by atoms with Gasteiger partial charge in [-0.3, -0.25) is 0 Å². The minimum absolute atomic E-state index is 0. The average Bonchev–Trinajstić information content (AvgIpc) is 2.19. The maximum Gasteiger partial charge on any atom is 0.335 e. The van der Waals surface area contributed by atoms with Gasteiger partial charge in [-0.25, -0.2) is 0 Å². The van der Waals surface area contributed by atoms with Gasteiger partial charge in [-0.05, 0) is 25.7 Å². The third-order valence-corrected chi connectivity index (χ3v) is 2.73. The van der Waals surface area contributed by atoms with E-state index in [0.29, 0.717) is 0 Å². The minimum Gasteiger partial charge on any atom is -1.00 e. The molecule has 0 aromatic carbocycles. The summed E-state index contributed by atoms with van der Waals surface area (Å²) >= 11 is -0.750. The molecule has 0 heterocycles. The Labute approximate surface area is 117 Å².